The summed E-state index contributed by atoms with van der Waals surface area (Å²) in [4.78, 5) is 15.6. The van der Waals surface area contributed by atoms with E-state index in [1.807, 2.05) is 37.5 Å². The number of rotatable bonds is 5. The zero-order valence-corrected chi connectivity index (χ0v) is 17.2. The molecule has 0 aliphatic rings. The molecular formula is C23H22N4O3. The van der Waals surface area contributed by atoms with E-state index in [2.05, 4.69) is 16.2 Å². The minimum atomic E-state index is -1.20. The van der Waals surface area contributed by atoms with Crippen molar-refractivity contribution in [3.8, 4) is 11.8 Å². The SMILES string of the molecule is COc1cc(C)c2[nH]ccc2c1C(n1cc2ccc(C#N)cc2n1)C(C)(C)C(=O)O. The van der Waals surface area contributed by atoms with Crippen LogP contribution in [-0.4, -0.2) is 33.0 Å². The summed E-state index contributed by atoms with van der Waals surface area (Å²) in [5, 5.41) is 25.7. The first-order valence-corrected chi connectivity index (χ1v) is 9.55. The van der Waals surface area contributed by atoms with Crippen LogP contribution >= 0.6 is 0 Å². The highest BCUT2D eigenvalue weighted by molar-refractivity contribution is 5.90. The van der Waals surface area contributed by atoms with Crippen LogP contribution in [0.15, 0.2) is 42.7 Å². The number of fused-ring (bicyclic) bond motifs is 2. The Morgan fingerprint density at radius 1 is 1.33 bits per heavy atom. The number of aryl methyl sites for hydroxylation is 1. The van der Waals surface area contributed by atoms with E-state index in [0.717, 1.165) is 27.4 Å². The summed E-state index contributed by atoms with van der Waals surface area (Å²) >= 11 is 0. The first-order valence-electron chi connectivity index (χ1n) is 9.55. The number of carboxylic acids is 1. The van der Waals surface area contributed by atoms with Gasteiger partial charge in [-0.3, -0.25) is 9.48 Å². The summed E-state index contributed by atoms with van der Waals surface area (Å²) in [6.07, 6.45) is 3.66. The van der Waals surface area contributed by atoms with E-state index < -0.39 is 17.4 Å². The number of benzene rings is 2. The highest BCUT2D eigenvalue weighted by Crippen LogP contribution is 2.45. The Kier molecular flexibility index (Phi) is 4.50. The monoisotopic (exact) mass is 402 g/mol. The van der Waals surface area contributed by atoms with E-state index in [4.69, 9.17) is 4.74 Å². The average Bonchev–Trinajstić information content (AvgIpc) is 3.36. The Morgan fingerprint density at radius 2 is 2.10 bits per heavy atom. The van der Waals surface area contributed by atoms with Crippen LogP contribution in [0.4, 0.5) is 0 Å². The second kappa shape index (κ2) is 6.92. The van der Waals surface area contributed by atoms with Gasteiger partial charge in [-0.25, -0.2) is 0 Å². The lowest BCUT2D eigenvalue weighted by Crippen LogP contribution is -2.36. The number of aromatic amines is 1. The summed E-state index contributed by atoms with van der Waals surface area (Å²) in [6, 6.07) is 10.6. The molecule has 7 heteroatoms. The highest BCUT2D eigenvalue weighted by atomic mass is 16.5. The molecule has 0 aliphatic carbocycles. The average molecular weight is 402 g/mol. The van der Waals surface area contributed by atoms with Crippen LogP contribution in [0.2, 0.25) is 0 Å². The van der Waals surface area contributed by atoms with Crippen LogP contribution in [0.1, 0.15) is 36.6 Å². The van der Waals surface area contributed by atoms with Gasteiger partial charge < -0.3 is 14.8 Å². The number of nitrogens with one attached hydrogen (secondary N) is 1. The van der Waals surface area contributed by atoms with Crippen molar-refractivity contribution in [2.45, 2.75) is 26.8 Å². The van der Waals surface area contributed by atoms with E-state index in [9.17, 15) is 15.2 Å². The fourth-order valence-corrected chi connectivity index (χ4v) is 4.03. The summed E-state index contributed by atoms with van der Waals surface area (Å²) in [5.74, 6) is -0.340. The standard InChI is InChI=1S/C23H22N4O3/c1-13-9-18(30-4)19(16-7-8-25-20(13)16)21(23(2,3)22(28)29)27-12-15-6-5-14(11-24)10-17(15)26-27/h5-10,12,21,25H,1-4H3,(H,28,29). The van der Waals surface area contributed by atoms with Crippen LogP contribution < -0.4 is 4.74 Å². The van der Waals surface area contributed by atoms with E-state index >= 15 is 0 Å². The van der Waals surface area contributed by atoms with Gasteiger partial charge in [-0.1, -0.05) is 0 Å². The van der Waals surface area contributed by atoms with E-state index in [-0.39, 0.29) is 0 Å². The van der Waals surface area contributed by atoms with Crippen molar-refractivity contribution in [2.24, 2.45) is 5.41 Å². The number of hydrogen-bond acceptors (Lipinski definition) is 4. The van der Waals surface area contributed by atoms with Gasteiger partial charge in [-0.05, 0) is 56.7 Å². The number of carbonyl (C=O) groups is 1. The fraction of sp³-hybridized carbons (Fsp3) is 0.261. The van der Waals surface area contributed by atoms with Crippen molar-refractivity contribution in [3.05, 3.63) is 59.4 Å². The molecule has 0 radical (unpaired) electrons. The van der Waals surface area contributed by atoms with E-state index in [1.165, 1.54) is 0 Å². The second-order valence-electron chi connectivity index (χ2n) is 8.00. The summed E-state index contributed by atoms with van der Waals surface area (Å²) in [5.41, 5.74) is 2.62. The first kappa shape index (κ1) is 19.5. The maximum Gasteiger partial charge on any atom is 0.311 e. The van der Waals surface area contributed by atoms with Gasteiger partial charge in [-0.2, -0.15) is 10.4 Å². The zero-order valence-electron chi connectivity index (χ0n) is 17.2. The number of aliphatic carboxylic acids is 1. The number of nitriles is 1. The normalized spacial score (nSPS) is 12.8. The molecule has 4 rings (SSSR count). The first-order chi connectivity index (χ1) is 14.3. The quantitative estimate of drug-likeness (QED) is 0.515. The van der Waals surface area contributed by atoms with Crippen LogP contribution in [-0.2, 0) is 4.79 Å². The smallest absolute Gasteiger partial charge is 0.311 e. The molecule has 30 heavy (non-hydrogen) atoms. The molecule has 0 spiro atoms. The molecule has 0 aliphatic heterocycles. The third-order valence-corrected chi connectivity index (χ3v) is 5.69. The van der Waals surface area contributed by atoms with Gasteiger partial charge in [0.25, 0.3) is 0 Å². The number of H-pyrrole nitrogens is 1. The predicted octanol–water partition coefficient (Wildman–Crippen LogP) is 4.41. The Balaban J connectivity index is 2.06. The molecule has 2 aromatic heterocycles. The largest absolute Gasteiger partial charge is 0.496 e. The fourth-order valence-electron chi connectivity index (χ4n) is 4.03. The zero-order chi connectivity index (χ0) is 21.6. The van der Waals surface area contributed by atoms with Gasteiger partial charge in [-0.15, -0.1) is 0 Å². The molecule has 0 saturated carbocycles. The Bertz CT molecular complexity index is 1320. The molecule has 0 amide bonds. The van der Waals surface area contributed by atoms with Crippen LogP contribution in [0.25, 0.3) is 21.8 Å². The second-order valence-corrected chi connectivity index (χ2v) is 8.00. The van der Waals surface area contributed by atoms with Gasteiger partial charge in [0.05, 0.1) is 35.7 Å². The number of hydrogen-bond donors (Lipinski definition) is 2. The summed E-state index contributed by atoms with van der Waals surface area (Å²) in [6.45, 7) is 5.35. The molecule has 0 saturated heterocycles. The van der Waals surface area contributed by atoms with Crippen LogP contribution in [0.5, 0.6) is 5.75 Å². The molecule has 2 N–H and O–H groups in total. The van der Waals surface area contributed by atoms with Gasteiger partial charge in [0.2, 0.25) is 0 Å². The molecule has 7 nitrogen and oxygen atoms in total. The Labute approximate surface area is 173 Å². The number of carboxylic acid groups (broad SMARTS) is 1. The molecule has 2 aromatic carbocycles. The maximum absolute atomic E-state index is 12.3. The molecule has 0 fully saturated rings. The lowest BCUT2D eigenvalue weighted by molar-refractivity contribution is -0.148. The molecule has 152 valence electrons. The predicted molar refractivity (Wildman–Crippen MR) is 114 cm³/mol. The number of nitrogens with zero attached hydrogens (tertiary/aromatic N) is 3. The summed E-state index contributed by atoms with van der Waals surface area (Å²) in [7, 11) is 1.58. The van der Waals surface area contributed by atoms with E-state index in [0.29, 0.717) is 16.8 Å². The maximum atomic E-state index is 12.3. The number of aromatic nitrogens is 3. The molecule has 1 atom stereocenters. The van der Waals surface area contributed by atoms with Gasteiger partial charge in [0, 0.05) is 34.2 Å². The summed E-state index contributed by atoms with van der Waals surface area (Å²) < 4.78 is 7.38. The third kappa shape index (κ3) is 2.89. The lowest BCUT2D eigenvalue weighted by Gasteiger charge is -2.32. The molecule has 4 aromatic rings. The molecular weight excluding hydrogens is 380 g/mol. The molecule has 2 heterocycles. The third-order valence-electron chi connectivity index (χ3n) is 5.69. The Hall–Kier alpha value is -3.79. The van der Waals surface area contributed by atoms with Crippen LogP contribution in [0, 0.1) is 23.7 Å². The van der Waals surface area contributed by atoms with Crippen molar-refractivity contribution in [2.75, 3.05) is 7.11 Å². The van der Waals surface area contributed by atoms with Gasteiger partial charge in [0.1, 0.15) is 5.75 Å². The molecule has 1 unspecified atom stereocenters. The topological polar surface area (TPSA) is 104 Å². The van der Waals surface area contributed by atoms with Crippen molar-refractivity contribution >= 4 is 27.8 Å². The number of ether oxygens (including phenoxy) is 1. The van der Waals surface area contributed by atoms with E-state index in [1.54, 1.807) is 37.8 Å². The van der Waals surface area contributed by atoms with Crippen LogP contribution in [0.3, 0.4) is 0 Å². The minimum absolute atomic E-state index is 0.503. The van der Waals surface area contributed by atoms with Crippen molar-refractivity contribution in [1.29, 1.82) is 5.26 Å². The van der Waals surface area contributed by atoms with Crippen molar-refractivity contribution in [1.82, 2.24) is 14.8 Å². The van der Waals surface area contributed by atoms with Crippen molar-refractivity contribution in [3.63, 3.8) is 0 Å². The van der Waals surface area contributed by atoms with Crippen molar-refractivity contribution < 1.29 is 14.6 Å². The number of methoxy groups -OCH3 is 1. The highest BCUT2D eigenvalue weighted by Gasteiger charge is 2.42. The van der Waals surface area contributed by atoms with Gasteiger partial charge >= 0.3 is 5.97 Å². The minimum Gasteiger partial charge on any atom is -0.496 e. The lowest BCUT2D eigenvalue weighted by atomic mass is 9.78. The Morgan fingerprint density at radius 3 is 2.77 bits per heavy atom. The molecule has 0 bridgehead atoms. The van der Waals surface area contributed by atoms with Gasteiger partial charge in [0.15, 0.2) is 0 Å².